The molecule has 88 valence electrons. The molecule has 0 radical (unpaired) electrons. The Morgan fingerprint density at radius 2 is 2.19 bits per heavy atom. The lowest BCUT2D eigenvalue weighted by Crippen LogP contribution is -2.28. The number of phenolic OH excluding ortho intramolecular Hbond substituents is 1. The molecule has 0 saturated carbocycles. The van der Waals surface area contributed by atoms with Crippen molar-refractivity contribution < 1.29 is 5.11 Å². The van der Waals surface area contributed by atoms with Crippen LogP contribution in [-0.2, 0) is 0 Å². The Bertz CT molecular complexity index is 354. The summed E-state index contributed by atoms with van der Waals surface area (Å²) in [4.78, 5) is 0. The van der Waals surface area contributed by atoms with Crippen molar-refractivity contribution in [1.29, 1.82) is 0 Å². The average molecular weight is 219 g/mol. The van der Waals surface area contributed by atoms with Crippen molar-refractivity contribution in [2.24, 2.45) is 0 Å². The lowest BCUT2D eigenvalue weighted by Gasteiger charge is -2.24. The van der Waals surface area contributed by atoms with Gasteiger partial charge in [0.05, 0.1) is 0 Å². The molecular formula is C14H21NO. The summed E-state index contributed by atoms with van der Waals surface area (Å²) in [7, 11) is 0. The molecule has 0 bridgehead atoms. The molecule has 1 saturated heterocycles. The molecule has 1 atom stereocenters. The molecule has 1 fully saturated rings. The van der Waals surface area contributed by atoms with Gasteiger partial charge in [0.2, 0.25) is 0 Å². The fraction of sp³-hybridized carbons (Fsp3) is 0.571. The average Bonchev–Trinajstić information content (AvgIpc) is 2.30. The van der Waals surface area contributed by atoms with Crippen molar-refractivity contribution >= 4 is 0 Å². The predicted molar refractivity (Wildman–Crippen MR) is 67.0 cm³/mol. The molecule has 2 heteroatoms. The van der Waals surface area contributed by atoms with Crippen LogP contribution in [0.2, 0.25) is 0 Å². The lowest BCUT2D eigenvalue weighted by atomic mass is 9.88. The molecule has 2 nitrogen and oxygen atoms in total. The van der Waals surface area contributed by atoms with E-state index < -0.39 is 0 Å². The molecule has 0 spiro atoms. The van der Waals surface area contributed by atoms with E-state index in [9.17, 15) is 5.11 Å². The van der Waals surface area contributed by atoms with E-state index in [1.807, 2.05) is 12.1 Å². The molecule has 1 unspecified atom stereocenters. The third-order valence-electron chi connectivity index (χ3n) is 3.45. The fourth-order valence-electron chi connectivity index (χ4n) is 2.38. The van der Waals surface area contributed by atoms with Crippen molar-refractivity contribution in [1.82, 2.24) is 5.32 Å². The SMILES string of the molecule is CC(C)c1ccc(O)c(C2CCCNC2)c1. The van der Waals surface area contributed by atoms with Crippen LogP contribution in [0, 0.1) is 0 Å². The summed E-state index contributed by atoms with van der Waals surface area (Å²) < 4.78 is 0. The van der Waals surface area contributed by atoms with Crippen molar-refractivity contribution in [3.05, 3.63) is 29.3 Å². The van der Waals surface area contributed by atoms with Crippen molar-refractivity contribution in [3.8, 4) is 5.75 Å². The first-order valence-corrected chi connectivity index (χ1v) is 6.22. The number of hydrogen-bond donors (Lipinski definition) is 2. The molecule has 0 aliphatic carbocycles. The maximum atomic E-state index is 9.94. The monoisotopic (exact) mass is 219 g/mol. The normalized spacial score (nSPS) is 21.3. The van der Waals surface area contributed by atoms with Gasteiger partial charge >= 0.3 is 0 Å². The van der Waals surface area contributed by atoms with Crippen LogP contribution in [0.15, 0.2) is 18.2 Å². The van der Waals surface area contributed by atoms with E-state index in [4.69, 9.17) is 0 Å². The highest BCUT2D eigenvalue weighted by Gasteiger charge is 2.18. The Morgan fingerprint density at radius 1 is 1.38 bits per heavy atom. The molecule has 2 rings (SSSR count). The lowest BCUT2D eigenvalue weighted by molar-refractivity contribution is 0.425. The van der Waals surface area contributed by atoms with E-state index in [1.54, 1.807) is 0 Å². The first-order valence-electron chi connectivity index (χ1n) is 6.22. The minimum absolute atomic E-state index is 0.457. The zero-order valence-electron chi connectivity index (χ0n) is 10.2. The molecule has 1 aliphatic rings. The van der Waals surface area contributed by atoms with Gasteiger partial charge in [-0.15, -0.1) is 0 Å². The van der Waals surface area contributed by atoms with Crippen LogP contribution >= 0.6 is 0 Å². The number of nitrogens with one attached hydrogen (secondary N) is 1. The molecule has 16 heavy (non-hydrogen) atoms. The zero-order chi connectivity index (χ0) is 11.5. The van der Waals surface area contributed by atoms with Gasteiger partial charge in [-0.2, -0.15) is 0 Å². The van der Waals surface area contributed by atoms with Gasteiger partial charge in [-0.25, -0.2) is 0 Å². The Kier molecular flexibility index (Phi) is 3.49. The molecule has 2 N–H and O–H groups in total. The van der Waals surface area contributed by atoms with Crippen LogP contribution in [0.1, 0.15) is 49.7 Å². The Morgan fingerprint density at radius 3 is 2.81 bits per heavy atom. The smallest absolute Gasteiger partial charge is 0.119 e. The van der Waals surface area contributed by atoms with Crippen LogP contribution in [0.5, 0.6) is 5.75 Å². The highest BCUT2D eigenvalue weighted by atomic mass is 16.3. The van der Waals surface area contributed by atoms with Crippen LogP contribution in [0.25, 0.3) is 0 Å². The van der Waals surface area contributed by atoms with E-state index in [1.165, 1.54) is 18.4 Å². The van der Waals surface area contributed by atoms with Crippen LogP contribution in [0.4, 0.5) is 0 Å². The second-order valence-corrected chi connectivity index (χ2v) is 5.02. The minimum atomic E-state index is 0.457. The highest BCUT2D eigenvalue weighted by molar-refractivity contribution is 5.40. The summed E-state index contributed by atoms with van der Waals surface area (Å²) in [6.07, 6.45) is 2.39. The number of piperidine rings is 1. The van der Waals surface area contributed by atoms with E-state index in [0.29, 0.717) is 17.6 Å². The number of benzene rings is 1. The molecular weight excluding hydrogens is 198 g/mol. The molecule has 1 aliphatic heterocycles. The Labute approximate surface area is 97.7 Å². The number of rotatable bonds is 2. The van der Waals surface area contributed by atoms with Crippen molar-refractivity contribution in [3.63, 3.8) is 0 Å². The van der Waals surface area contributed by atoms with Crippen LogP contribution in [-0.4, -0.2) is 18.2 Å². The summed E-state index contributed by atoms with van der Waals surface area (Å²) in [6, 6.07) is 6.05. The number of aromatic hydroxyl groups is 1. The summed E-state index contributed by atoms with van der Waals surface area (Å²) in [5.41, 5.74) is 2.44. The third kappa shape index (κ3) is 2.38. The van der Waals surface area contributed by atoms with Gasteiger partial charge in [0.1, 0.15) is 5.75 Å². The van der Waals surface area contributed by atoms with Gasteiger partial charge in [-0.1, -0.05) is 26.0 Å². The van der Waals surface area contributed by atoms with E-state index in [-0.39, 0.29) is 0 Å². The Hall–Kier alpha value is -1.02. The number of hydrogen-bond acceptors (Lipinski definition) is 2. The number of phenols is 1. The largest absolute Gasteiger partial charge is 0.508 e. The molecule has 1 aromatic carbocycles. The first-order chi connectivity index (χ1) is 7.68. The topological polar surface area (TPSA) is 32.3 Å². The Balaban J connectivity index is 2.27. The van der Waals surface area contributed by atoms with Gasteiger partial charge in [-0.05, 0) is 42.5 Å². The third-order valence-corrected chi connectivity index (χ3v) is 3.45. The fourth-order valence-corrected chi connectivity index (χ4v) is 2.38. The summed E-state index contributed by atoms with van der Waals surface area (Å²) in [6.45, 7) is 6.49. The van der Waals surface area contributed by atoms with Crippen molar-refractivity contribution in [2.75, 3.05) is 13.1 Å². The predicted octanol–water partition coefficient (Wildman–Crippen LogP) is 2.98. The summed E-state index contributed by atoms with van der Waals surface area (Å²) >= 11 is 0. The second kappa shape index (κ2) is 4.88. The highest BCUT2D eigenvalue weighted by Crippen LogP contribution is 2.32. The summed E-state index contributed by atoms with van der Waals surface area (Å²) in [5.74, 6) is 1.46. The van der Waals surface area contributed by atoms with Crippen LogP contribution < -0.4 is 5.32 Å². The molecule has 0 aromatic heterocycles. The quantitative estimate of drug-likeness (QED) is 0.801. The van der Waals surface area contributed by atoms with Gasteiger partial charge < -0.3 is 10.4 Å². The summed E-state index contributed by atoms with van der Waals surface area (Å²) in [5, 5.41) is 13.3. The maximum Gasteiger partial charge on any atom is 0.119 e. The molecule has 1 aromatic rings. The second-order valence-electron chi connectivity index (χ2n) is 5.02. The molecule has 1 heterocycles. The van der Waals surface area contributed by atoms with Crippen molar-refractivity contribution in [2.45, 2.75) is 38.5 Å². The zero-order valence-corrected chi connectivity index (χ0v) is 10.2. The van der Waals surface area contributed by atoms with Gasteiger partial charge in [-0.3, -0.25) is 0 Å². The van der Waals surface area contributed by atoms with E-state index in [2.05, 4.69) is 25.2 Å². The standard InChI is InChI=1S/C14H21NO/c1-10(2)11-5-6-14(16)13(8-11)12-4-3-7-15-9-12/h5-6,8,10,12,15-16H,3-4,7,9H2,1-2H3. The van der Waals surface area contributed by atoms with Gasteiger partial charge in [0, 0.05) is 12.5 Å². The van der Waals surface area contributed by atoms with Gasteiger partial charge in [0.25, 0.3) is 0 Å². The molecule has 0 amide bonds. The van der Waals surface area contributed by atoms with E-state index in [0.717, 1.165) is 18.7 Å². The minimum Gasteiger partial charge on any atom is -0.508 e. The van der Waals surface area contributed by atoms with Crippen LogP contribution in [0.3, 0.4) is 0 Å². The van der Waals surface area contributed by atoms with Gasteiger partial charge in [0.15, 0.2) is 0 Å². The first kappa shape index (κ1) is 11.5. The maximum absolute atomic E-state index is 9.94. The van der Waals surface area contributed by atoms with E-state index >= 15 is 0 Å².